The van der Waals surface area contributed by atoms with Gasteiger partial charge in [0, 0.05) is 23.1 Å². The molecule has 20 heavy (non-hydrogen) atoms. The quantitative estimate of drug-likeness (QED) is 0.812. The van der Waals surface area contributed by atoms with E-state index in [-0.39, 0.29) is 0 Å². The molecule has 0 bridgehead atoms. The molecule has 106 valence electrons. The van der Waals surface area contributed by atoms with Crippen LogP contribution in [0.15, 0.2) is 39.3 Å². The van der Waals surface area contributed by atoms with Gasteiger partial charge in [0.05, 0.1) is 10.2 Å². The number of aromatic nitrogens is 2. The molecule has 0 unspecified atom stereocenters. The Morgan fingerprint density at radius 2 is 1.95 bits per heavy atom. The van der Waals surface area contributed by atoms with Crippen molar-refractivity contribution >= 4 is 31.9 Å². The van der Waals surface area contributed by atoms with Crippen LogP contribution in [-0.2, 0) is 6.54 Å². The van der Waals surface area contributed by atoms with Gasteiger partial charge in [0.25, 0.3) is 0 Å². The highest BCUT2D eigenvalue weighted by atomic mass is 79.9. The van der Waals surface area contributed by atoms with Crippen LogP contribution in [0.4, 0.5) is 0 Å². The number of benzene rings is 1. The molecule has 0 saturated heterocycles. The molecule has 6 heteroatoms. The first-order chi connectivity index (χ1) is 9.54. The molecule has 0 radical (unpaired) electrons. The highest BCUT2D eigenvalue weighted by molar-refractivity contribution is 9.11. The van der Waals surface area contributed by atoms with Gasteiger partial charge in [-0.05, 0) is 40.2 Å². The maximum Gasteiger partial charge on any atom is 0.238 e. The predicted molar refractivity (Wildman–Crippen MR) is 85.9 cm³/mol. The Bertz CT molecular complexity index is 573. The topological polar surface area (TPSA) is 47.0 Å². The van der Waals surface area contributed by atoms with E-state index in [1.165, 1.54) is 0 Å². The zero-order chi connectivity index (χ0) is 14.5. The van der Waals surface area contributed by atoms with Crippen molar-refractivity contribution in [3.8, 4) is 11.6 Å². The Balaban J connectivity index is 2.03. The Labute approximate surface area is 135 Å². The predicted octanol–water partition coefficient (Wildman–Crippen LogP) is 4.29. The Morgan fingerprint density at radius 3 is 2.55 bits per heavy atom. The van der Waals surface area contributed by atoms with Crippen molar-refractivity contribution in [2.45, 2.75) is 26.4 Å². The minimum atomic E-state index is 0.423. The van der Waals surface area contributed by atoms with Gasteiger partial charge in [-0.25, -0.2) is 0 Å². The van der Waals surface area contributed by atoms with E-state index >= 15 is 0 Å². The molecule has 2 aromatic rings. The van der Waals surface area contributed by atoms with Gasteiger partial charge in [0.2, 0.25) is 5.88 Å². The zero-order valence-electron chi connectivity index (χ0n) is 11.2. The number of nitrogens with one attached hydrogen (secondary N) is 1. The highest BCUT2D eigenvalue weighted by Crippen LogP contribution is 2.31. The van der Waals surface area contributed by atoms with Gasteiger partial charge < -0.3 is 10.1 Å². The summed E-state index contributed by atoms with van der Waals surface area (Å²) in [5.74, 6) is 1.18. The van der Waals surface area contributed by atoms with E-state index in [1.807, 2.05) is 30.3 Å². The zero-order valence-corrected chi connectivity index (χ0v) is 14.4. The second kappa shape index (κ2) is 7.15. The fourth-order valence-electron chi connectivity index (χ4n) is 1.48. The summed E-state index contributed by atoms with van der Waals surface area (Å²) in [7, 11) is 0. The standard InChI is InChI=1S/C14H15Br2N3O/c1-9(2)17-8-11-4-6-14(19-18-11)20-13-5-3-10(15)7-12(13)16/h3-7,9,17H,8H2,1-2H3. The summed E-state index contributed by atoms with van der Waals surface area (Å²) < 4.78 is 7.53. The van der Waals surface area contributed by atoms with Gasteiger partial charge in [-0.3, -0.25) is 0 Å². The van der Waals surface area contributed by atoms with Gasteiger partial charge in [-0.15, -0.1) is 5.10 Å². The van der Waals surface area contributed by atoms with Crippen molar-refractivity contribution in [2.75, 3.05) is 0 Å². The normalized spacial score (nSPS) is 10.8. The van der Waals surface area contributed by atoms with E-state index < -0.39 is 0 Å². The van der Waals surface area contributed by atoms with Crippen LogP contribution >= 0.6 is 31.9 Å². The van der Waals surface area contributed by atoms with Gasteiger partial charge >= 0.3 is 0 Å². The van der Waals surface area contributed by atoms with Crippen LogP contribution in [0.1, 0.15) is 19.5 Å². The maximum absolute atomic E-state index is 5.68. The molecule has 1 aromatic carbocycles. The minimum Gasteiger partial charge on any atom is -0.436 e. The Kier molecular flexibility index (Phi) is 5.51. The fraction of sp³-hybridized carbons (Fsp3) is 0.286. The molecule has 1 aromatic heterocycles. The third-order valence-electron chi connectivity index (χ3n) is 2.50. The molecular formula is C14H15Br2N3O. The molecule has 0 saturated carbocycles. The third-order valence-corrected chi connectivity index (χ3v) is 3.61. The van der Waals surface area contributed by atoms with Crippen molar-refractivity contribution in [1.82, 2.24) is 15.5 Å². The van der Waals surface area contributed by atoms with Crippen LogP contribution in [0.25, 0.3) is 0 Å². The lowest BCUT2D eigenvalue weighted by Crippen LogP contribution is -2.22. The van der Waals surface area contributed by atoms with E-state index in [9.17, 15) is 0 Å². The number of hydrogen-bond acceptors (Lipinski definition) is 4. The molecule has 0 spiro atoms. The largest absolute Gasteiger partial charge is 0.436 e. The molecule has 0 aliphatic rings. The van der Waals surface area contributed by atoms with Crippen molar-refractivity contribution in [2.24, 2.45) is 0 Å². The van der Waals surface area contributed by atoms with Crippen LogP contribution in [0.5, 0.6) is 11.6 Å². The van der Waals surface area contributed by atoms with Crippen LogP contribution in [0, 0.1) is 0 Å². The van der Waals surface area contributed by atoms with Crippen LogP contribution in [-0.4, -0.2) is 16.2 Å². The summed E-state index contributed by atoms with van der Waals surface area (Å²) in [5, 5.41) is 11.5. The molecule has 0 fully saturated rings. The highest BCUT2D eigenvalue weighted by Gasteiger charge is 2.05. The number of rotatable bonds is 5. The van der Waals surface area contributed by atoms with Gasteiger partial charge in [0.15, 0.2) is 0 Å². The van der Waals surface area contributed by atoms with E-state index in [4.69, 9.17) is 4.74 Å². The lowest BCUT2D eigenvalue weighted by Gasteiger charge is -2.08. The Morgan fingerprint density at radius 1 is 1.15 bits per heavy atom. The monoisotopic (exact) mass is 399 g/mol. The van der Waals surface area contributed by atoms with Gasteiger partial charge in [0.1, 0.15) is 5.75 Å². The lowest BCUT2D eigenvalue weighted by atomic mass is 10.3. The molecule has 2 rings (SSSR count). The average molecular weight is 401 g/mol. The average Bonchev–Trinajstić information content (AvgIpc) is 2.41. The number of ether oxygens (including phenoxy) is 1. The lowest BCUT2D eigenvalue weighted by molar-refractivity contribution is 0.450. The van der Waals surface area contributed by atoms with E-state index in [0.29, 0.717) is 24.2 Å². The summed E-state index contributed by atoms with van der Waals surface area (Å²) in [6.07, 6.45) is 0. The van der Waals surface area contributed by atoms with E-state index in [0.717, 1.165) is 14.6 Å². The molecule has 1 N–H and O–H groups in total. The summed E-state index contributed by atoms with van der Waals surface area (Å²) in [5.41, 5.74) is 0.890. The fourth-order valence-corrected chi connectivity index (χ4v) is 2.60. The van der Waals surface area contributed by atoms with E-state index in [2.05, 4.69) is 61.2 Å². The van der Waals surface area contributed by atoms with Crippen LogP contribution in [0.3, 0.4) is 0 Å². The first kappa shape index (κ1) is 15.4. The van der Waals surface area contributed by atoms with Crippen molar-refractivity contribution in [3.63, 3.8) is 0 Å². The number of nitrogens with zero attached hydrogens (tertiary/aromatic N) is 2. The van der Waals surface area contributed by atoms with Crippen molar-refractivity contribution in [3.05, 3.63) is 45.0 Å². The SMILES string of the molecule is CC(C)NCc1ccc(Oc2ccc(Br)cc2Br)nn1. The van der Waals surface area contributed by atoms with Gasteiger partial charge in [-0.1, -0.05) is 29.8 Å². The second-order valence-electron chi connectivity index (χ2n) is 4.58. The van der Waals surface area contributed by atoms with Crippen LogP contribution in [0.2, 0.25) is 0 Å². The second-order valence-corrected chi connectivity index (χ2v) is 6.35. The summed E-state index contributed by atoms with van der Waals surface area (Å²) in [6.45, 7) is 4.89. The molecule has 4 nitrogen and oxygen atoms in total. The minimum absolute atomic E-state index is 0.423. The Hall–Kier alpha value is -0.980. The molecule has 0 atom stereocenters. The molecule has 0 aliphatic carbocycles. The van der Waals surface area contributed by atoms with Crippen LogP contribution < -0.4 is 10.1 Å². The molecule has 1 heterocycles. The smallest absolute Gasteiger partial charge is 0.238 e. The van der Waals surface area contributed by atoms with E-state index in [1.54, 1.807) is 0 Å². The first-order valence-corrected chi connectivity index (χ1v) is 7.82. The molecule has 0 amide bonds. The summed E-state index contributed by atoms with van der Waals surface area (Å²) in [6, 6.07) is 9.84. The molecular weight excluding hydrogens is 386 g/mol. The maximum atomic E-state index is 5.68. The number of halogens is 2. The summed E-state index contributed by atoms with van der Waals surface area (Å²) >= 11 is 6.85. The van der Waals surface area contributed by atoms with Gasteiger partial charge in [-0.2, -0.15) is 5.10 Å². The number of hydrogen-bond donors (Lipinski definition) is 1. The summed E-state index contributed by atoms with van der Waals surface area (Å²) in [4.78, 5) is 0. The molecule has 0 aliphatic heterocycles. The van der Waals surface area contributed by atoms with Crippen molar-refractivity contribution in [1.29, 1.82) is 0 Å². The third kappa shape index (κ3) is 4.54. The first-order valence-electron chi connectivity index (χ1n) is 6.23. The van der Waals surface area contributed by atoms with Crippen molar-refractivity contribution < 1.29 is 4.74 Å².